The molecular weight excluding hydrogens is 288 g/mol. The number of aromatic nitrogens is 2. The molecule has 0 spiro atoms. The van der Waals surface area contributed by atoms with Gasteiger partial charge in [-0.25, -0.2) is 13.1 Å². The van der Waals surface area contributed by atoms with Gasteiger partial charge in [0.25, 0.3) is 0 Å². The van der Waals surface area contributed by atoms with E-state index in [2.05, 4.69) is 9.82 Å². The average Bonchev–Trinajstić information content (AvgIpc) is 2.77. The maximum Gasteiger partial charge on any atom is 0.246 e. The monoisotopic (exact) mass is 308 g/mol. The Balaban J connectivity index is 1.98. The molecule has 6 nitrogen and oxygen atoms in total. The Bertz CT molecular complexity index is 695. The van der Waals surface area contributed by atoms with Gasteiger partial charge in [0.15, 0.2) is 5.82 Å². The van der Waals surface area contributed by atoms with E-state index in [0.29, 0.717) is 6.42 Å². The number of hydrogen-bond donors (Lipinski definition) is 2. The highest BCUT2D eigenvalue weighted by molar-refractivity contribution is 7.89. The molecule has 0 aliphatic heterocycles. The van der Waals surface area contributed by atoms with Gasteiger partial charge in [-0.3, -0.25) is 4.68 Å². The van der Waals surface area contributed by atoms with E-state index in [1.807, 2.05) is 37.3 Å². The smallest absolute Gasteiger partial charge is 0.246 e. The Morgan fingerprint density at radius 3 is 2.57 bits per heavy atom. The molecule has 1 heterocycles. The minimum absolute atomic E-state index is 0.0141. The van der Waals surface area contributed by atoms with Crippen molar-refractivity contribution < 1.29 is 8.42 Å². The van der Waals surface area contributed by atoms with Crippen LogP contribution < -0.4 is 10.5 Å². The number of anilines is 1. The topological polar surface area (TPSA) is 90.0 Å². The van der Waals surface area contributed by atoms with Gasteiger partial charge in [-0.2, -0.15) is 5.10 Å². The Morgan fingerprint density at radius 2 is 2.00 bits per heavy atom. The first-order valence-electron chi connectivity index (χ1n) is 6.74. The van der Waals surface area contributed by atoms with Gasteiger partial charge < -0.3 is 5.73 Å². The quantitative estimate of drug-likeness (QED) is 0.841. The van der Waals surface area contributed by atoms with Crippen LogP contribution in [0.3, 0.4) is 0 Å². The van der Waals surface area contributed by atoms with Crippen LogP contribution in [0.4, 0.5) is 5.82 Å². The summed E-state index contributed by atoms with van der Waals surface area (Å²) in [5.74, 6) is 0.0141. The summed E-state index contributed by atoms with van der Waals surface area (Å²) in [5.41, 5.74) is 6.80. The van der Waals surface area contributed by atoms with Crippen LogP contribution in [0.25, 0.3) is 0 Å². The number of rotatable bonds is 6. The van der Waals surface area contributed by atoms with Crippen LogP contribution in [-0.4, -0.2) is 24.2 Å². The van der Waals surface area contributed by atoms with Crippen LogP contribution in [0, 0.1) is 0 Å². The van der Waals surface area contributed by atoms with Gasteiger partial charge >= 0.3 is 0 Å². The minimum Gasteiger partial charge on any atom is -0.381 e. The molecule has 0 saturated heterocycles. The van der Waals surface area contributed by atoms with Crippen molar-refractivity contribution in [1.29, 1.82) is 0 Å². The van der Waals surface area contributed by atoms with Crippen molar-refractivity contribution in [2.24, 2.45) is 7.05 Å². The SMILES string of the molecule is CC(CCc1ccccc1)NS(=O)(=O)c1cn(C)nc1N. The molecule has 2 aromatic rings. The van der Waals surface area contributed by atoms with E-state index in [1.165, 1.54) is 16.4 Å². The molecule has 1 aromatic heterocycles. The van der Waals surface area contributed by atoms with E-state index in [1.54, 1.807) is 7.05 Å². The molecule has 1 unspecified atom stereocenters. The maximum absolute atomic E-state index is 12.2. The number of nitrogens with one attached hydrogen (secondary N) is 1. The second kappa shape index (κ2) is 6.28. The second-order valence-corrected chi connectivity index (χ2v) is 6.78. The zero-order valence-corrected chi connectivity index (χ0v) is 13.0. The van der Waals surface area contributed by atoms with Crippen molar-refractivity contribution >= 4 is 15.8 Å². The summed E-state index contributed by atoms with van der Waals surface area (Å²) in [6, 6.07) is 9.78. The molecule has 1 aromatic carbocycles. The summed E-state index contributed by atoms with van der Waals surface area (Å²) in [4.78, 5) is 0.0246. The van der Waals surface area contributed by atoms with Crippen molar-refractivity contribution in [3.63, 3.8) is 0 Å². The van der Waals surface area contributed by atoms with E-state index in [0.717, 1.165) is 6.42 Å². The fourth-order valence-corrected chi connectivity index (χ4v) is 3.49. The fourth-order valence-electron chi connectivity index (χ4n) is 2.11. The molecule has 0 radical (unpaired) electrons. The van der Waals surface area contributed by atoms with Crippen molar-refractivity contribution in [2.45, 2.75) is 30.7 Å². The molecular formula is C14H20N4O2S. The lowest BCUT2D eigenvalue weighted by atomic mass is 10.1. The summed E-state index contributed by atoms with van der Waals surface area (Å²) in [6.45, 7) is 1.84. The predicted molar refractivity (Wildman–Crippen MR) is 82.2 cm³/mol. The Kier molecular flexibility index (Phi) is 4.64. The minimum atomic E-state index is -3.63. The molecule has 0 aliphatic rings. The van der Waals surface area contributed by atoms with Crippen LogP contribution in [0.15, 0.2) is 41.4 Å². The number of nitrogen functional groups attached to an aromatic ring is 1. The van der Waals surface area contributed by atoms with Gasteiger partial charge in [-0.05, 0) is 25.3 Å². The van der Waals surface area contributed by atoms with E-state index in [9.17, 15) is 8.42 Å². The van der Waals surface area contributed by atoms with Crippen molar-refractivity contribution in [1.82, 2.24) is 14.5 Å². The van der Waals surface area contributed by atoms with Crippen molar-refractivity contribution in [3.05, 3.63) is 42.1 Å². The summed E-state index contributed by atoms with van der Waals surface area (Å²) in [5, 5.41) is 3.85. The molecule has 1 atom stereocenters. The normalized spacial score (nSPS) is 13.2. The van der Waals surface area contributed by atoms with Gasteiger partial charge in [0.2, 0.25) is 10.0 Å². The first-order valence-corrected chi connectivity index (χ1v) is 8.22. The molecule has 0 bridgehead atoms. The van der Waals surface area contributed by atoms with E-state index >= 15 is 0 Å². The lowest BCUT2D eigenvalue weighted by Gasteiger charge is -2.13. The first-order chi connectivity index (χ1) is 9.88. The highest BCUT2D eigenvalue weighted by Crippen LogP contribution is 2.16. The van der Waals surface area contributed by atoms with Gasteiger partial charge in [-0.15, -0.1) is 0 Å². The van der Waals surface area contributed by atoms with Gasteiger partial charge in [0.1, 0.15) is 4.90 Å². The number of sulfonamides is 1. The standard InChI is InChI=1S/C14H20N4O2S/c1-11(8-9-12-6-4-3-5-7-12)17-21(19,20)13-10-18(2)16-14(13)15/h3-7,10-11,17H,8-9H2,1-2H3,(H2,15,16). The molecule has 0 amide bonds. The molecule has 3 N–H and O–H groups in total. The highest BCUT2D eigenvalue weighted by Gasteiger charge is 2.22. The third-order valence-electron chi connectivity index (χ3n) is 3.18. The number of aryl methyl sites for hydroxylation is 2. The fraction of sp³-hybridized carbons (Fsp3) is 0.357. The molecule has 0 saturated carbocycles. The lowest BCUT2D eigenvalue weighted by Crippen LogP contribution is -2.33. The highest BCUT2D eigenvalue weighted by atomic mass is 32.2. The number of benzene rings is 1. The summed E-state index contributed by atoms with van der Waals surface area (Å²) < 4.78 is 28.5. The van der Waals surface area contributed by atoms with Gasteiger partial charge in [0.05, 0.1) is 0 Å². The molecule has 7 heteroatoms. The largest absolute Gasteiger partial charge is 0.381 e. The van der Waals surface area contributed by atoms with Gasteiger partial charge in [0, 0.05) is 19.3 Å². The lowest BCUT2D eigenvalue weighted by molar-refractivity contribution is 0.547. The molecule has 114 valence electrons. The van der Waals surface area contributed by atoms with E-state index in [-0.39, 0.29) is 16.8 Å². The second-order valence-electron chi connectivity index (χ2n) is 5.10. The summed E-state index contributed by atoms with van der Waals surface area (Å²) in [6.07, 6.45) is 2.93. The summed E-state index contributed by atoms with van der Waals surface area (Å²) >= 11 is 0. The van der Waals surface area contributed by atoms with Crippen LogP contribution in [-0.2, 0) is 23.5 Å². The number of nitrogens with two attached hydrogens (primary N) is 1. The Hall–Kier alpha value is -1.86. The van der Waals surface area contributed by atoms with Crippen LogP contribution in [0.1, 0.15) is 18.9 Å². The maximum atomic E-state index is 12.2. The molecule has 21 heavy (non-hydrogen) atoms. The van der Waals surface area contributed by atoms with E-state index < -0.39 is 10.0 Å². The third kappa shape index (κ3) is 4.05. The Morgan fingerprint density at radius 1 is 1.33 bits per heavy atom. The van der Waals surface area contributed by atoms with E-state index in [4.69, 9.17) is 5.73 Å². The Labute approximate surface area is 125 Å². The third-order valence-corrected chi connectivity index (χ3v) is 4.78. The van der Waals surface area contributed by atoms with Crippen molar-refractivity contribution in [3.8, 4) is 0 Å². The van der Waals surface area contributed by atoms with Crippen LogP contribution in [0.2, 0.25) is 0 Å². The first kappa shape index (κ1) is 15.5. The zero-order chi connectivity index (χ0) is 15.5. The summed E-state index contributed by atoms with van der Waals surface area (Å²) in [7, 11) is -2.00. The zero-order valence-electron chi connectivity index (χ0n) is 12.2. The average molecular weight is 308 g/mol. The van der Waals surface area contributed by atoms with Crippen molar-refractivity contribution in [2.75, 3.05) is 5.73 Å². The van der Waals surface area contributed by atoms with Crippen LogP contribution in [0.5, 0.6) is 0 Å². The predicted octanol–water partition coefficient (Wildman–Crippen LogP) is 1.30. The molecule has 2 rings (SSSR count). The van der Waals surface area contributed by atoms with Gasteiger partial charge in [-0.1, -0.05) is 30.3 Å². The number of nitrogens with zero attached hydrogens (tertiary/aromatic N) is 2. The van der Waals surface area contributed by atoms with Crippen LogP contribution >= 0.6 is 0 Å². The molecule has 0 fully saturated rings. The number of hydrogen-bond acceptors (Lipinski definition) is 4. The molecule has 0 aliphatic carbocycles.